The molecule has 0 saturated carbocycles. The molecule has 19 heavy (non-hydrogen) atoms. The number of thiazole rings is 1. The minimum absolute atomic E-state index is 0.142. The zero-order valence-electron chi connectivity index (χ0n) is 12.1. The number of imidazole rings is 1. The molecule has 104 valence electrons. The average molecular weight is 278 g/mol. The molecule has 1 unspecified atom stereocenters. The third-order valence-corrected chi connectivity index (χ3v) is 4.06. The largest absolute Gasteiger partial charge is 0.330 e. The van der Waals surface area contributed by atoms with E-state index in [1.165, 1.54) is 5.69 Å². The lowest BCUT2D eigenvalue weighted by molar-refractivity contribution is 0.512. The van der Waals surface area contributed by atoms with Gasteiger partial charge >= 0.3 is 0 Å². The molecule has 0 aromatic carbocycles. The number of hydrogen-bond acceptors (Lipinski definition) is 4. The van der Waals surface area contributed by atoms with Gasteiger partial charge in [0.05, 0.1) is 18.2 Å². The Bertz CT molecular complexity index is 515. The van der Waals surface area contributed by atoms with E-state index in [-0.39, 0.29) is 6.04 Å². The number of rotatable bonds is 6. The van der Waals surface area contributed by atoms with Crippen molar-refractivity contribution < 1.29 is 0 Å². The van der Waals surface area contributed by atoms with Gasteiger partial charge in [0.15, 0.2) is 0 Å². The van der Waals surface area contributed by atoms with Gasteiger partial charge in [-0.05, 0) is 33.7 Å². The van der Waals surface area contributed by atoms with Crippen LogP contribution >= 0.6 is 11.3 Å². The highest BCUT2D eigenvalue weighted by Crippen LogP contribution is 2.26. The highest BCUT2D eigenvalue weighted by atomic mass is 32.1. The summed E-state index contributed by atoms with van der Waals surface area (Å²) < 4.78 is 2.21. The molecule has 2 heterocycles. The number of nitrogens with one attached hydrogen (secondary N) is 1. The second-order valence-electron chi connectivity index (χ2n) is 5.03. The topological polar surface area (TPSA) is 42.7 Å². The standard InChI is InChI=1S/C14H22N4S/c1-5-6-16-13(14-17-11(4)8-19-14)12-7-15-9-18(12)10(2)3/h7-10,13,16H,5-6H2,1-4H3. The normalized spacial score (nSPS) is 13.1. The number of aryl methyl sites for hydroxylation is 1. The minimum Gasteiger partial charge on any atom is -0.330 e. The van der Waals surface area contributed by atoms with Gasteiger partial charge in [-0.1, -0.05) is 6.92 Å². The maximum absolute atomic E-state index is 4.64. The summed E-state index contributed by atoms with van der Waals surface area (Å²) in [5.74, 6) is 0. The van der Waals surface area contributed by atoms with E-state index >= 15 is 0 Å². The van der Waals surface area contributed by atoms with Gasteiger partial charge < -0.3 is 9.88 Å². The van der Waals surface area contributed by atoms with Crippen molar-refractivity contribution in [3.8, 4) is 0 Å². The third kappa shape index (κ3) is 3.22. The summed E-state index contributed by atoms with van der Waals surface area (Å²) in [4.78, 5) is 8.94. The monoisotopic (exact) mass is 278 g/mol. The third-order valence-electron chi connectivity index (χ3n) is 3.03. The number of nitrogens with zero attached hydrogens (tertiary/aromatic N) is 3. The molecular weight excluding hydrogens is 256 g/mol. The van der Waals surface area contributed by atoms with E-state index in [1.54, 1.807) is 11.3 Å². The zero-order chi connectivity index (χ0) is 13.8. The SMILES string of the molecule is CCCNC(c1nc(C)cs1)c1cncn1C(C)C. The molecule has 0 aliphatic rings. The molecule has 2 rings (SSSR count). The summed E-state index contributed by atoms with van der Waals surface area (Å²) in [6, 6.07) is 0.549. The molecule has 0 aliphatic heterocycles. The Kier molecular flexibility index (Phi) is 4.71. The molecule has 0 aliphatic carbocycles. The van der Waals surface area contributed by atoms with Gasteiger partial charge in [0.2, 0.25) is 0 Å². The van der Waals surface area contributed by atoms with Gasteiger partial charge in [0.25, 0.3) is 0 Å². The van der Waals surface area contributed by atoms with Crippen LogP contribution in [0.15, 0.2) is 17.9 Å². The lowest BCUT2D eigenvalue weighted by Gasteiger charge is -2.20. The van der Waals surface area contributed by atoms with Gasteiger partial charge in [-0.2, -0.15) is 0 Å². The maximum Gasteiger partial charge on any atom is 0.116 e. The van der Waals surface area contributed by atoms with Gasteiger partial charge in [0, 0.05) is 17.1 Å². The fraction of sp³-hybridized carbons (Fsp3) is 0.571. The second kappa shape index (κ2) is 6.30. The molecule has 0 saturated heterocycles. The van der Waals surface area contributed by atoms with Crippen LogP contribution in [-0.4, -0.2) is 21.1 Å². The van der Waals surface area contributed by atoms with Crippen molar-refractivity contribution in [3.63, 3.8) is 0 Å². The van der Waals surface area contributed by atoms with Crippen LogP contribution in [0.25, 0.3) is 0 Å². The van der Waals surface area contributed by atoms with Gasteiger partial charge in [0.1, 0.15) is 11.0 Å². The second-order valence-corrected chi connectivity index (χ2v) is 5.92. The zero-order valence-corrected chi connectivity index (χ0v) is 12.9. The van der Waals surface area contributed by atoms with Crippen LogP contribution in [0, 0.1) is 6.92 Å². The summed E-state index contributed by atoms with van der Waals surface area (Å²) in [6.07, 6.45) is 4.96. The molecular formula is C14H22N4S. The van der Waals surface area contributed by atoms with Crippen molar-refractivity contribution in [2.24, 2.45) is 0 Å². The summed E-state index contributed by atoms with van der Waals surface area (Å²) in [5.41, 5.74) is 2.27. The maximum atomic E-state index is 4.64. The molecule has 4 nitrogen and oxygen atoms in total. The molecule has 1 N–H and O–H groups in total. The first-order chi connectivity index (χ1) is 9.13. The molecule has 0 radical (unpaired) electrons. The summed E-state index contributed by atoms with van der Waals surface area (Å²) in [6.45, 7) is 9.55. The molecule has 0 bridgehead atoms. The highest BCUT2D eigenvalue weighted by Gasteiger charge is 2.21. The van der Waals surface area contributed by atoms with Crippen LogP contribution in [0.5, 0.6) is 0 Å². The molecule has 0 fully saturated rings. The smallest absolute Gasteiger partial charge is 0.116 e. The quantitative estimate of drug-likeness (QED) is 0.881. The Morgan fingerprint density at radius 3 is 2.79 bits per heavy atom. The van der Waals surface area contributed by atoms with Crippen molar-refractivity contribution in [2.75, 3.05) is 6.54 Å². The van der Waals surface area contributed by atoms with Crippen molar-refractivity contribution in [1.29, 1.82) is 0 Å². The lowest BCUT2D eigenvalue weighted by Crippen LogP contribution is -2.25. The van der Waals surface area contributed by atoms with Crippen LogP contribution in [0.3, 0.4) is 0 Å². The Hall–Kier alpha value is -1.20. The van der Waals surface area contributed by atoms with Gasteiger partial charge in [-0.15, -0.1) is 11.3 Å². The van der Waals surface area contributed by atoms with E-state index in [0.717, 1.165) is 23.7 Å². The first-order valence-corrected chi connectivity index (χ1v) is 7.68. The van der Waals surface area contributed by atoms with Crippen molar-refractivity contribution in [3.05, 3.63) is 34.3 Å². The number of aromatic nitrogens is 3. The average Bonchev–Trinajstić information content (AvgIpc) is 2.99. The predicted molar refractivity (Wildman–Crippen MR) is 79.6 cm³/mol. The van der Waals surface area contributed by atoms with E-state index in [2.05, 4.69) is 46.0 Å². The minimum atomic E-state index is 0.142. The summed E-state index contributed by atoms with van der Waals surface area (Å²) in [7, 11) is 0. The molecule has 0 amide bonds. The predicted octanol–water partition coefficient (Wildman–Crippen LogP) is 3.32. The van der Waals surface area contributed by atoms with Crippen molar-refractivity contribution in [2.45, 2.75) is 46.2 Å². The van der Waals surface area contributed by atoms with Gasteiger partial charge in [-0.3, -0.25) is 0 Å². The molecule has 5 heteroatoms. The van der Waals surface area contributed by atoms with Crippen LogP contribution in [0.2, 0.25) is 0 Å². The molecule has 2 aromatic rings. The first kappa shape index (κ1) is 14.2. The van der Waals surface area contributed by atoms with E-state index in [1.807, 2.05) is 19.4 Å². The molecule has 2 aromatic heterocycles. The van der Waals surface area contributed by atoms with E-state index < -0.39 is 0 Å². The van der Waals surface area contributed by atoms with E-state index in [0.29, 0.717) is 6.04 Å². The van der Waals surface area contributed by atoms with Gasteiger partial charge in [-0.25, -0.2) is 9.97 Å². The highest BCUT2D eigenvalue weighted by molar-refractivity contribution is 7.09. The fourth-order valence-corrected chi connectivity index (χ4v) is 2.96. The van der Waals surface area contributed by atoms with Crippen LogP contribution in [0.4, 0.5) is 0 Å². The summed E-state index contributed by atoms with van der Waals surface area (Å²) in [5, 5.41) is 6.81. The first-order valence-electron chi connectivity index (χ1n) is 6.80. The molecule has 1 atom stereocenters. The van der Waals surface area contributed by atoms with E-state index in [4.69, 9.17) is 0 Å². The van der Waals surface area contributed by atoms with Crippen molar-refractivity contribution in [1.82, 2.24) is 19.9 Å². The fourth-order valence-electron chi connectivity index (χ4n) is 2.08. The number of hydrogen-bond donors (Lipinski definition) is 1. The Morgan fingerprint density at radius 1 is 1.42 bits per heavy atom. The van der Waals surface area contributed by atoms with Crippen LogP contribution in [-0.2, 0) is 0 Å². The van der Waals surface area contributed by atoms with E-state index in [9.17, 15) is 0 Å². The van der Waals surface area contributed by atoms with Crippen LogP contribution < -0.4 is 5.32 Å². The Morgan fingerprint density at radius 2 is 2.21 bits per heavy atom. The van der Waals surface area contributed by atoms with Crippen LogP contribution in [0.1, 0.15) is 55.7 Å². The summed E-state index contributed by atoms with van der Waals surface area (Å²) >= 11 is 1.71. The van der Waals surface area contributed by atoms with Crippen molar-refractivity contribution >= 4 is 11.3 Å². The Labute approximate surface area is 118 Å². The lowest BCUT2D eigenvalue weighted by atomic mass is 10.2. The molecule has 0 spiro atoms. The Balaban J connectivity index is 2.34.